The topological polar surface area (TPSA) is 70.7 Å². The zero-order valence-corrected chi connectivity index (χ0v) is 17.3. The zero-order valence-electron chi connectivity index (χ0n) is 15.7. The van der Waals surface area contributed by atoms with Crippen LogP contribution in [0.2, 0.25) is 0 Å². The first-order chi connectivity index (χ1) is 12.4. The van der Waals surface area contributed by atoms with E-state index in [1.54, 1.807) is 12.1 Å². The van der Waals surface area contributed by atoms with E-state index in [4.69, 9.17) is 17.0 Å². The van der Waals surface area contributed by atoms with E-state index in [0.29, 0.717) is 29.6 Å². The van der Waals surface area contributed by atoms with Gasteiger partial charge in [-0.05, 0) is 49.7 Å². The molecule has 1 saturated heterocycles. The summed E-state index contributed by atoms with van der Waals surface area (Å²) < 4.78 is 32.1. The molecule has 146 valence electrons. The van der Waals surface area contributed by atoms with Gasteiger partial charge < -0.3 is 15.4 Å². The molecule has 0 radical (unpaired) electrons. The van der Waals surface area contributed by atoms with Crippen LogP contribution in [0.4, 0.5) is 0 Å². The fraction of sp³-hybridized carbons (Fsp3) is 0.611. The number of sulfonamides is 1. The summed E-state index contributed by atoms with van der Waals surface area (Å²) in [6.07, 6.45) is 2.40. The van der Waals surface area contributed by atoms with Gasteiger partial charge in [0.25, 0.3) is 0 Å². The molecule has 1 aliphatic heterocycles. The Balaban J connectivity index is 1.93. The molecule has 1 aromatic carbocycles. The molecule has 26 heavy (non-hydrogen) atoms. The lowest BCUT2D eigenvalue weighted by Gasteiger charge is -2.20. The number of benzene rings is 1. The first-order valence-corrected chi connectivity index (χ1v) is 11.0. The lowest BCUT2D eigenvalue weighted by molar-refractivity contribution is 0.114. The average Bonchev–Trinajstić information content (AvgIpc) is 3.14. The van der Waals surface area contributed by atoms with Gasteiger partial charge in [0, 0.05) is 26.2 Å². The molecular weight excluding hydrogens is 370 g/mol. The van der Waals surface area contributed by atoms with Gasteiger partial charge in [0.15, 0.2) is 5.11 Å². The number of nitrogens with one attached hydrogen (secondary N) is 2. The van der Waals surface area contributed by atoms with Crippen LogP contribution in [0.5, 0.6) is 0 Å². The monoisotopic (exact) mass is 399 g/mol. The van der Waals surface area contributed by atoms with Gasteiger partial charge in [-0.1, -0.05) is 26.0 Å². The molecule has 8 heteroatoms. The summed E-state index contributed by atoms with van der Waals surface area (Å²) in [4.78, 5) is 0.316. The van der Waals surface area contributed by atoms with Crippen molar-refractivity contribution in [2.24, 2.45) is 0 Å². The third kappa shape index (κ3) is 5.39. The van der Waals surface area contributed by atoms with Crippen LogP contribution in [-0.2, 0) is 14.8 Å². The largest absolute Gasteiger partial charge is 0.376 e. The summed E-state index contributed by atoms with van der Waals surface area (Å²) >= 11 is 5.34. The van der Waals surface area contributed by atoms with Crippen molar-refractivity contribution in [1.29, 1.82) is 0 Å². The molecule has 1 fully saturated rings. The van der Waals surface area contributed by atoms with Gasteiger partial charge in [0.1, 0.15) is 0 Å². The van der Waals surface area contributed by atoms with E-state index in [9.17, 15) is 8.42 Å². The van der Waals surface area contributed by atoms with Gasteiger partial charge >= 0.3 is 0 Å². The number of thiocarbonyl (C=S) groups is 1. The fourth-order valence-corrected chi connectivity index (χ4v) is 4.70. The third-order valence-electron chi connectivity index (χ3n) is 4.59. The summed E-state index contributed by atoms with van der Waals surface area (Å²) in [5, 5.41) is 6.99. The van der Waals surface area contributed by atoms with Crippen LogP contribution in [0.3, 0.4) is 0 Å². The first-order valence-electron chi connectivity index (χ1n) is 9.14. The Hall–Kier alpha value is -1.22. The van der Waals surface area contributed by atoms with Crippen molar-refractivity contribution < 1.29 is 13.2 Å². The predicted molar refractivity (Wildman–Crippen MR) is 108 cm³/mol. The summed E-state index contributed by atoms with van der Waals surface area (Å²) in [7, 11) is -3.42. The van der Waals surface area contributed by atoms with E-state index in [-0.39, 0.29) is 12.1 Å². The van der Waals surface area contributed by atoms with Crippen LogP contribution < -0.4 is 10.6 Å². The highest BCUT2D eigenvalue weighted by atomic mass is 32.2. The molecule has 0 unspecified atom stereocenters. The highest BCUT2D eigenvalue weighted by molar-refractivity contribution is 7.89. The van der Waals surface area contributed by atoms with Gasteiger partial charge in [-0.25, -0.2) is 8.42 Å². The molecule has 2 atom stereocenters. The molecular formula is C18H29N3O3S2. The molecule has 0 spiro atoms. The van der Waals surface area contributed by atoms with Gasteiger partial charge in [-0.3, -0.25) is 0 Å². The Bertz CT molecular complexity index is 682. The molecule has 2 N–H and O–H groups in total. The normalized spacial score (nSPS) is 18.7. The SMILES string of the molecule is CCN(CC)S(=O)(=O)c1ccc([C@@H](C)NC(=S)NC[C@@H]2CCCO2)cc1. The Labute approximate surface area is 162 Å². The molecule has 1 heterocycles. The summed E-state index contributed by atoms with van der Waals surface area (Å²) in [6.45, 7) is 8.13. The van der Waals surface area contributed by atoms with Crippen LogP contribution >= 0.6 is 12.2 Å². The second-order valence-electron chi connectivity index (χ2n) is 6.37. The second kappa shape index (κ2) is 9.64. The fourth-order valence-electron chi connectivity index (χ4n) is 2.98. The molecule has 0 amide bonds. The molecule has 2 rings (SSSR count). The number of hydrogen-bond donors (Lipinski definition) is 2. The number of hydrogen-bond acceptors (Lipinski definition) is 4. The van der Waals surface area contributed by atoms with E-state index in [1.807, 2.05) is 32.9 Å². The van der Waals surface area contributed by atoms with E-state index >= 15 is 0 Å². The molecule has 1 aromatic rings. The molecule has 6 nitrogen and oxygen atoms in total. The van der Waals surface area contributed by atoms with Crippen LogP contribution in [-0.4, -0.2) is 50.2 Å². The summed E-state index contributed by atoms with van der Waals surface area (Å²) in [5.41, 5.74) is 0.977. The van der Waals surface area contributed by atoms with Crippen molar-refractivity contribution in [3.63, 3.8) is 0 Å². The minimum atomic E-state index is -3.42. The first kappa shape index (κ1) is 21.1. The highest BCUT2D eigenvalue weighted by Gasteiger charge is 2.21. The number of rotatable bonds is 8. The number of nitrogens with zero attached hydrogens (tertiary/aromatic N) is 1. The van der Waals surface area contributed by atoms with Crippen LogP contribution in [0.25, 0.3) is 0 Å². The summed E-state index contributed by atoms with van der Waals surface area (Å²) in [5.74, 6) is 0. The second-order valence-corrected chi connectivity index (χ2v) is 8.72. The molecule has 0 bridgehead atoms. The van der Waals surface area contributed by atoms with E-state index < -0.39 is 10.0 Å². The quantitative estimate of drug-likeness (QED) is 0.654. The van der Waals surface area contributed by atoms with Gasteiger partial charge in [-0.15, -0.1) is 0 Å². The van der Waals surface area contributed by atoms with E-state index in [0.717, 1.165) is 25.0 Å². The standard InChI is InChI=1S/C18H29N3O3S2/c1-4-21(5-2)26(22,23)17-10-8-15(9-11-17)14(3)20-18(25)19-13-16-7-6-12-24-16/h8-11,14,16H,4-7,12-13H2,1-3H3,(H2,19,20,25)/t14-,16+/m1/s1. The number of ether oxygens (including phenoxy) is 1. The predicted octanol–water partition coefficient (Wildman–Crippen LogP) is 2.42. The van der Waals surface area contributed by atoms with E-state index in [2.05, 4.69) is 10.6 Å². The van der Waals surface area contributed by atoms with Crippen LogP contribution in [0, 0.1) is 0 Å². The van der Waals surface area contributed by atoms with Gasteiger partial charge in [-0.2, -0.15) is 4.31 Å². The van der Waals surface area contributed by atoms with E-state index in [1.165, 1.54) is 4.31 Å². The minimum absolute atomic E-state index is 0.0234. The van der Waals surface area contributed by atoms with Crippen molar-refractivity contribution in [1.82, 2.24) is 14.9 Å². The maximum atomic E-state index is 12.5. The Morgan fingerprint density at radius 3 is 2.50 bits per heavy atom. The minimum Gasteiger partial charge on any atom is -0.376 e. The van der Waals surface area contributed by atoms with Gasteiger partial charge in [0.2, 0.25) is 10.0 Å². The van der Waals surface area contributed by atoms with Crippen molar-refractivity contribution >= 4 is 27.4 Å². The van der Waals surface area contributed by atoms with Crippen LogP contribution in [0.15, 0.2) is 29.2 Å². The lowest BCUT2D eigenvalue weighted by atomic mass is 10.1. The average molecular weight is 400 g/mol. The summed E-state index contributed by atoms with van der Waals surface area (Å²) in [6, 6.07) is 6.95. The lowest BCUT2D eigenvalue weighted by Crippen LogP contribution is -2.40. The van der Waals surface area contributed by atoms with Crippen molar-refractivity contribution in [3.8, 4) is 0 Å². The Kier molecular flexibility index (Phi) is 7.82. The molecule has 0 aliphatic carbocycles. The third-order valence-corrected chi connectivity index (χ3v) is 6.91. The van der Waals surface area contributed by atoms with Crippen molar-refractivity contribution in [2.45, 2.75) is 50.7 Å². The van der Waals surface area contributed by atoms with Crippen LogP contribution in [0.1, 0.15) is 45.2 Å². The van der Waals surface area contributed by atoms with Gasteiger partial charge in [0.05, 0.1) is 17.0 Å². The van der Waals surface area contributed by atoms with Crippen molar-refractivity contribution in [3.05, 3.63) is 29.8 Å². The Morgan fingerprint density at radius 2 is 1.96 bits per heavy atom. The van der Waals surface area contributed by atoms with Crippen molar-refractivity contribution in [2.75, 3.05) is 26.2 Å². The maximum Gasteiger partial charge on any atom is 0.243 e. The highest BCUT2D eigenvalue weighted by Crippen LogP contribution is 2.19. The Morgan fingerprint density at radius 1 is 1.31 bits per heavy atom. The molecule has 0 saturated carbocycles. The molecule has 0 aromatic heterocycles. The maximum absolute atomic E-state index is 12.5. The molecule has 1 aliphatic rings. The zero-order chi connectivity index (χ0) is 19.2. The smallest absolute Gasteiger partial charge is 0.243 e.